The van der Waals surface area contributed by atoms with Crippen molar-refractivity contribution >= 4 is 0 Å². The van der Waals surface area contributed by atoms with Crippen molar-refractivity contribution in [2.45, 2.75) is 85.9 Å². The maximum absolute atomic E-state index is 14.3. The summed E-state index contributed by atoms with van der Waals surface area (Å²) in [6, 6.07) is 0.278. The molecule has 0 radical (unpaired) electrons. The molecule has 0 aliphatic carbocycles. The first-order chi connectivity index (χ1) is 11.1. The van der Waals surface area contributed by atoms with Crippen molar-refractivity contribution in [2.24, 2.45) is 35.3 Å². The quantitative estimate of drug-likeness (QED) is 0.388. The monoisotopic (exact) mass is 345 g/mol. The van der Waals surface area contributed by atoms with E-state index in [0.717, 1.165) is 12.8 Å². The van der Waals surface area contributed by atoms with Crippen molar-refractivity contribution in [1.82, 2.24) is 0 Å². The summed E-state index contributed by atoms with van der Waals surface area (Å²) in [6.45, 7) is 15.9. The molecule has 1 nitrogen and oxygen atoms in total. The molecule has 0 aliphatic rings. The second-order valence-corrected chi connectivity index (χ2v) is 8.37. The van der Waals surface area contributed by atoms with E-state index < -0.39 is 12.8 Å². The smallest absolute Gasteiger partial charge is 0.121 e. The number of alkyl halides is 2. The van der Waals surface area contributed by atoms with E-state index in [1.165, 1.54) is 12.8 Å². The highest BCUT2D eigenvalue weighted by Crippen LogP contribution is 2.30. The van der Waals surface area contributed by atoms with Gasteiger partial charge in [-0.05, 0) is 55.4 Å². The van der Waals surface area contributed by atoms with Gasteiger partial charge in [-0.3, -0.25) is 4.39 Å². The molecule has 2 N–H and O–H groups in total. The highest BCUT2D eigenvalue weighted by Gasteiger charge is 2.23. The first-order valence-electron chi connectivity index (χ1n) is 9.74. The normalized spacial score (nSPS) is 20.7. The van der Waals surface area contributed by atoms with Gasteiger partial charge in [-0.25, -0.2) is 4.39 Å². The Bertz CT molecular complexity index is 343. The van der Waals surface area contributed by atoms with Crippen LogP contribution in [0, 0.1) is 29.6 Å². The maximum Gasteiger partial charge on any atom is 0.121 e. The Morgan fingerprint density at radius 3 is 1.67 bits per heavy atom. The standard InChI is InChI=1S/C21H41F2N/c1-14(15(2)10-11-19(6)24)8-9-16(3)17(4)12-21(23)20(7)18(5)13-22/h14-19,21H,7-13,24H2,1-6H3. The summed E-state index contributed by atoms with van der Waals surface area (Å²) in [5.74, 6) is 1.72. The van der Waals surface area contributed by atoms with Crippen LogP contribution in [-0.4, -0.2) is 18.9 Å². The van der Waals surface area contributed by atoms with Crippen LogP contribution in [-0.2, 0) is 0 Å². The third-order valence-electron chi connectivity index (χ3n) is 5.94. The third-order valence-corrected chi connectivity index (χ3v) is 5.94. The first kappa shape index (κ1) is 23.6. The zero-order valence-corrected chi connectivity index (χ0v) is 16.8. The van der Waals surface area contributed by atoms with Crippen LogP contribution in [0.4, 0.5) is 8.78 Å². The first-order valence-corrected chi connectivity index (χ1v) is 9.74. The van der Waals surface area contributed by atoms with Crippen LogP contribution in [0.25, 0.3) is 0 Å². The van der Waals surface area contributed by atoms with E-state index in [1.54, 1.807) is 6.92 Å². The van der Waals surface area contributed by atoms with E-state index >= 15 is 0 Å². The molecule has 144 valence electrons. The molecule has 0 amide bonds. The summed E-state index contributed by atoms with van der Waals surface area (Å²) >= 11 is 0. The van der Waals surface area contributed by atoms with E-state index in [1.807, 2.05) is 0 Å². The van der Waals surface area contributed by atoms with Crippen LogP contribution in [0.2, 0.25) is 0 Å². The van der Waals surface area contributed by atoms with Crippen LogP contribution in [0.1, 0.15) is 73.6 Å². The van der Waals surface area contributed by atoms with Crippen molar-refractivity contribution in [1.29, 1.82) is 0 Å². The summed E-state index contributed by atoms with van der Waals surface area (Å²) in [7, 11) is 0. The van der Waals surface area contributed by atoms with Crippen molar-refractivity contribution < 1.29 is 8.78 Å². The summed E-state index contributed by atoms with van der Waals surface area (Å²) < 4.78 is 26.9. The molecule has 0 saturated carbocycles. The summed E-state index contributed by atoms with van der Waals surface area (Å²) in [6.07, 6.45) is 3.91. The highest BCUT2D eigenvalue weighted by atomic mass is 19.1. The molecule has 7 unspecified atom stereocenters. The number of hydrogen-bond donors (Lipinski definition) is 1. The molecule has 0 aromatic heterocycles. The van der Waals surface area contributed by atoms with E-state index in [-0.39, 0.29) is 17.9 Å². The van der Waals surface area contributed by atoms with E-state index in [4.69, 9.17) is 5.73 Å². The Labute approximate surface area is 149 Å². The molecule has 24 heavy (non-hydrogen) atoms. The maximum atomic E-state index is 14.3. The fraction of sp³-hybridized carbons (Fsp3) is 0.905. The van der Waals surface area contributed by atoms with Gasteiger partial charge in [0.1, 0.15) is 6.17 Å². The van der Waals surface area contributed by atoms with Crippen LogP contribution >= 0.6 is 0 Å². The molecular weight excluding hydrogens is 304 g/mol. The Morgan fingerprint density at radius 1 is 0.833 bits per heavy atom. The van der Waals surface area contributed by atoms with E-state index in [0.29, 0.717) is 29.7 Å². The Balaban J connectivity index is 4.21. The van der Waals surface area contributed by atoms with Crippen LogP contribution in [0.15, 0.2) is 12.2 Å². The van der Waals surface area contributed by atoms with Gasteiger partial charge in [0.15, 0.2) is 0 Å². The van der Waals surface area contributed by atoms with Crippen molar-refractivity contribution in [3.05, 3.63) is 12.2 Å². The summed E-state index contributed by atoms with van der Waals surface area (Å²) in [4.78, 5) is 0. The fourth-order valence-corrected chi connectivity index (χ4v) is 3.02. The molecule has 7 atom stereocenters. The molecule has 0 rings (SSSR count). The average molecular weight is 346 g/mol. The molecule has 0 heterocycles. The predicted octanol–water partition coefficient (Wildman–Crippen LogP) is 6.33. The van der Waals surface area contributed by atoms with Crippen LogP contribution in [0.5, 0.6) is 0 Å². The second kappa shape index (κ2) is 12.0. The van der Waals surface area contributed by atoms with Gasteiger partial charge in [0.25, 0.3) is 0 Å². The van der Waals surface area contributed by atoms with Gasteiger partial charge in [-0.2, -0.15) is 0 Å². The van der Waals surface area contributed by atoms with Gasteiger partial charge in [0, 0.05) is 12.0 Å². The predicted molar refractivity (Wildman–Crippen MR) is 103 cm³/mol. The summed E-state index contributed by atoms with van der Waals surface area (Å²) in [5, 5.41) is 0. The molecule has 0 fully saturated rings. The number of nitrogens with two attached hydrogens (primary N) is 1. The number of rotatable bonds is 13. The van der Waals surface area contributed by atoms with Crippen LogP contribution < -0.4 is 5.73 Å². The van der Waals surface area contributed by atoms with Gasteiger partial charge >= 0.3 is 0 Å². The summed E-state index contributed by atoms with van der Waals surface area (Å²) in [5.41, 5.74) is 6.25. The molecule has 0 spiro atoms. The minimum Gasteiger partial charge on any atom is -0.328 e. The zero-order valence-electron chi connectivity index (χ0n) is 16.8. The molecular formula is C21H41F2N. The van der Waals surface area contributed by atoms with Gasteiger partial charge in [-0.1, -0.05) is 54.0 Å². The lowest BCUT2D eigenvalue weighted by atomic mass is 9.80. The second-order valence-electron chi connectivity index (χ2n) is 8.37. The van der Waals surface area contributed by atoms with Gasteiger partial charge in [0.05, 0.1) is 6.67 Å². The molecule has 0 aromatic carbocycles. The molecule has 0 aliphatic heterocycles. The minimum atomic E-state index is -1.09. The topological polar surface area (TPSA) is 26.0 Å². The van der Waals surface area contributed by atoms with Gasteiger partial charge in [0.2, 0.25) is 0 Å². The molecule has 3 heteroatoms. The lowest BCUT2D eigenvalue weighted by Crippen LogP contribution is -2.20. The van der Waals surface area contributed by atoms with Crippen molar-refractivity contribution in [2.75, 3.05) is 6.67 Å². The fourth-order valence-electron chi connectivity index (χ4n) is 3.02. The minimum absolute atomic E-state index is 0.278. The number of hydrogen-bond acceptors (Lipinski definition) is 1. The van der Waals surface area contributed by atoms with Gasteiger partial charge < -0.3 is 5.73 Å². The Hall–Kier alpha value is -0.440. The molecule has 0 bridgehead atoms. The highest BCUT2D eigenvalue weighted by molar-refractivity contribution is 5.06. The SMILES string of the molecule is C=C(C(C)CF)C(F)CC(C)C(C)CCC(C)C(C)CCC(C)N. The Kier molecular flexibility index (Phi) is 11.8. The number of allylic oxidation sites excluding steroid dienone is 1. The van der Waals surface area contributed by atoms with Gasteiger partial charge in [-0.15, -0.1) is 0 Å². The number of halogens is 2. The van der Waals surface area contributed by atoms with E-state index in [2.05, 4.69) is 41.2 Å². The van der Waals surface area contributed by atoms with Crippen molar-refractivity contribution in [3.8, 4) is 0 Å². The lowest BCUT2D eigenvalue weighted by Gasteiger charge is -2.26. The van der Waals surface area contributed by atoms with E-state index in [9.17, 15) is 8.78 Å². The largest absolute Gasteiger partial charge is 0.328 e. The van der Waals surface area contributed by atoms with Crippen LogP contribution in [0.3, 0.4) is 0 Å². The molecule has 0 saturated heterocycles. The lowest BCUT2D eigenvalue weighted by molar-refractivity contribution is 0.225. The zero-order chi connectivity index (χ0) is 18.9. The molecule has 0 aromatic rings. The average Bonchev–Trinajstić information content (AvgIpc) is 2.55. The van der Waals surface area contributed by atoms with Crippen molar-refractivity contribution in [3.63, 3.8) is 0 Å². The Morgan fingerprint density at radius 2 is 1.25 bits per heavy atom. The third kappa shape index (κ3) is 9.15.